The number of nitrogens with zero attached hydrogens (tertiary/aromatic N) is 2. The van der Waals surface area contributed by atoms with Crippen LogP contribution in [0.1, 0.15) is 22.3 Å². The summed E-state index contributed by atoms with van der Waals surface area (Å²) in [6.45, 7) is 1.69. The second-order valence-corrected chi connectivity index (χ2v) is 5.48. The van der Waals surface area contributed by atoms with Crippen molar-refractivity contribution in [2.75, 3.05) is 32.9 Å². The van der Waals surface area contributed by atoms with Gasteiger partial charge in [0, 0.05) is 32.0 Å². The topological polar surface area (TPSA) is 51.7 Å². The van der Waals surface area contributed by atoms with Gasteiger partial charge >= 0.3 is 6.18 Å². The lowest BCUT2D eigenvalue weighted by molar-refractivity contribution is -0.138. The van der Waals surface area contributed by atoms with Crippen LogP contribution in [0.2, 0.25) is 0 Å². The van der Waals surface area contributed by atoms with Crippen molar-refractivity contribution in [2.24, 2.45) is 0 Å². The molecule has 2 aliphatic heterocycles. The molecule has 0 radical (unpaired) electrons. The maximum atomic E-state index is 13.0. The van der Waals surface area contributed by atoms with Crippen LogP contribution in [0.25, 0.3) is 0 Å². The van der Waals surface area contributed by atoms with E-state index in [2.05, 4.69) is 4.98 Å². The number of hydrogen-bond donors (Lipinski definition) is 0. The molecule has 1 aromatic heterocycles. The number of alkyl halides is 3. The summed E-state index contributed by atoms with van der Waals surface area (Å²) in [5.41, 5.74) is -1.97. The van der Waals surface area contributed by atoms with Crippen molar-refractivity contribution in [3.63, 3.8) is 0 Å². The van der Waals surface area contributed by atoms with Gasteiger partial charge in [-0.2, -0.15) is 13.2 Å². The number of morpholine rings is 1. The molecule has 120 valence electrons. The molecule has 1 amide bonds. The quantitative estimate of drug-likeness (QED) is 0.792. The summed E-state index contributed by atoms with van der Waals surface area (Å²) in [6, 6.07) is 1.11. The molecule has 1 spiro atoms. The number of carbonyl (C=O) groups is 1. The maximum absolute atomic E-state index is 13.0. The highest BCUT2D eigenvalue weighted by molar-refractivity contribution is 5.95. The van der Waals surface area contributed by atoms with Gasteiger partial charge < -0.3 is 14.4 Å². The highest BCUT2D eigenvalue weighted by Crippen LogP contribution is 2.33. The average molecular weight is 316 g/mol. The van der Waals surface area contributed by atoms with Crippen molar-refractivity contribution in [1.29, 1.82) is 0 Å². The number of aromatic nitrogens is 1. The summed E-state index contributed by atoms with van der Waals surface area (Å²) in [7, 11) is 0. The second kappa shape index (κ2) is 5.51. The van der Waals surface area contributed by atoms with Crippen molar-refractivity contribution in [2.45, 2.75) is 18.2 Å². The molecule has 1 unspecified atom stereocenters. The highest BCUT2D eigenvalue weighted by atomic mass is 19.4. The van der Waals surface area contributed by atoms with E-state index in [0.717, 1.165) is 6.07 Å². The Morgan fingerprint density at radius 3 is 2.86 bits per heavy atom. The van der Waals surface area contributed by atoms with Crippen LogP contribution in [-0.2, 0) is 15.7 Å². The molecule has 2 aliphatic rings. The lowest BCUT2D eigenvalue weighted by Gasteiger charge is -2.39. The summed E-state index contributed by atoms with van der Waals surface area (Å²) in [6.07, 6.45) is -2.10. The van der Waals surface area contributed by atoms with Crippen LogP contribution in [-0.4, -0.2) is 54.3 Å². The molecule has 1 aromatic rings. The van der Waals surface area contributed by atoms with Crippen molar-refractivity contribution < 1.29 is 27.4 Å². The van der Waals surface area contributed by atoms with Gasteiger partial charge in [-0.25, -0.2) is 0 Å². The Kier molecular flexibility index (Phi) is 3.82. The molecule has 8 heteroatoms. The first-order valence-electron chi connectivity index (χ1n) is 6.94. The number of carbonyl (C=O) groups excluding carboxylic acids is 1. The number of halogens is 3. The van der Waals surface area contributed by atoms with E-state index in [4.69, 9.17) is 9.47 Å². The van der Waals surface area contributed by atoms with Crippen molar-refractivity contribution in [3.05, 3.63) is 29.6 Å². The number of pyridine rings is 1. The van der Waals surface area contributed by atoms with Gasteiger partial charge in [0.15, 0.2) is 0 Å². The van der Waals surface area contributed by atoms with Gasteiger partial charge in [0.25, 0.3) is 5.91 Å². The van der Waals surface area contributed by atoms with E-state index >= 15 is 0 Å². The Morgan fingerprint density at radius 2 is 2.18 bits per heavy atom. The predicted molar refractivity (Wildman–Crippen MR) is 69.3 cm³/mol. The van der Waals surface area contributed by atoms with E-state index in [1.807, 2.05) is 0 Å². The minimum atomic E-state index is -4.61. The smallest absolute Gasteiger partial charge is 0.378 e. The predicted octanol–water partition coefficient (Wildman–Crippen LogP) is 1.73. The van der Waals surface area contributed by atoms with Gasteiger partial charge in [-0.3, -0.25) is 9.78 Å². The Labute approximate surface area is 125 Å². The lowest BCUT2D eigenvalue weighted by atomic mass is 9.99. The summed E-state index contributed by atoms with van der Waals surface area (Å²) in [4.78, 5) is 17.4. The minimum absolute atomic E-state index is 0.242. The second-order valence-electron chi connectivity index (χ2n) is 5.48. The maximum Gasteiger partial charge on any atom is 0.418 e. The fourth-order valence-electron chi connectivity index (χ4n) is 2.82. The fourth-order valence-corrected chi connectivity index (χ4v) is 2.82. The van der Waals surface area contributed by atoms with Crippen LogP contribution < -0.4 is 0 Å². The standard InChI is InChI=1S/C14H15F3N2O3/c15-14(16,17)11-7-18-3-1-10(11)12(20)19-4-6-22-13(8-19)2-5-21-9-13/h1,3,7H,2,4-6,8-9H2. The lowest BCUT2D eigenvalue weighted by Crippen LogP contribution is -2.54. The molecule has 0 aliphatic carbocycles. The summed E-state index contributed by atoms with van der Waals surface area (Å²) >= 11 is 0. The minimum Gasteiger partial charge on any atom is -0.378 e. The normalized spacial score (nSPS) is 25.7. The zero-order valence-corrected chi connectivity index (χ0v) is 11.7. The third-order valence-corrected chi connectivity index (χ3v) is 3.96. The van der Waals surface area contributed by atoms with Gasteiger partial charge in [0.1, 0.15) is 5.60 Å². The van der Waals surface area contributed by atoms with Crippen LogP contribution in [0, 0.1) is 0 Å². The summed E-state index contributed by atoms with van der Waals surface area (Å²) in [5.74, 6) is -0.649. The first kappa shape index (κ1) is 15.2. The number of amides is 1. The Bertz CT molecular complexity index is 571. The monoisotopic (exact) mass is 316 g/mol. The average Bonchev–Trinajstić information content (AvgIpc) is 2.93. The van der Waals surface area contributed by atoms with Crippen molar-refractivity contribution in [1.82, 2.24) is 9.88 Å². The van der Waals surface area contributed by atoms with Gasteiger partial charge in [-0.15, -0.1) is 0 Å². The third kappa shape index (κ3) is 2.80. The molecule has 3 heterocycles. The van der Waals surface area contributed by atoms with Gasteiger partial charge in [0.05, 0.1) is 30.9 Å². The number of hydrogen-bond acceptors (Lipinski definition) is 4. The first-order chi connectivity index (χ1) is 10.4. The van der Waals surface area contributed by atoms with E-state index in [1.54, 1.807) is 0 Å². The van der Waals surface area contributed by atoms with Gasteiger partial charge in [0.2, 0.25) is 0 Å². The third-order valence-electron chi connectivity index (χ3n) is 3.96. The molecule has 2 fully saturated rings. The Balaban J connectivity index is 1.85. The van der Waals surface area contributed by atoms with E-state index in [-0.39, 0.29) is 18.7 Å². The Morgan fingerprint density at radius 1 is 1.36 bits per heavy atom. The van der Waals surface area contributed by atoms with Crippen LogP contribution in [0.5, 0.6) is 0 Å². The molecular weight excluding hydrogens is 301 g/mol. The molecular formula is C14H15F3N2O3. The largest absolute Gasteiger partial charge is 0.418 e. The van der Waals surface area contributed by atoms with Crippen LogP contribution in [0.3, 0.4) is 0 Å². The molecule has 0 bridgehead atoms. The highest BCUT2D eigenvalue weighted by Gasteiger charge is 2.43. The van der Waals surface area contributed by atoms with Crippen LogP contribution in [0.15, 0.2) is 18.5 Å². The summed E-state index contributed by atoms with van der Waals surface area (Å²) < 4.78 is 50.0. The fraction of sp³-hybridized carbons (Fsp3) is 0.571. The first-order valence-corrected chi connectivity index (χ1v) is 6.94. The molecule has 0 aromatic carbocycles. The van der Waals surface area contributed by atoms with E-state index in [9.17, 15) is 18.0 Å². The van der Waals surface area contributed by atoms with Crippen molar-refractivity contribution in [3.8, 4) is 0 Å². The molecule has 0 N–H and O–H groups in total. The molecule has 22 heavy (non-hydrogen) atoms. The van der Waals surface area contributed by atoms with E-state index < -0.39 is 23.2 Å². The van der Waals surface area contributed by atoms with Gasteiger partial charge in [-0.1, -0.05) is 0 Å². The molecule has 5 nitrogen and oxygen atoms in total. The van der Waals surface area contributed by atoms with Crippen LogP contribution >= 0.6 is 0 Å². The molecule has 0 saturated carbocycles. The summed E-state index contributed by atoms with van der Waals surface area (Å²) in [5, 5.41) is 0. The van der Waals surface area contributed by atoms with E-state index in [1.165, 1.54) is 11.1 Å². The number of rotatable bonds is 1. The molecule has 2 saturated heterocycles. The van der Waals surface area contributed by atoms with Crippen LogP contribution in [0.4, 0.5) is 13.2 Å². The number of ether oxygens (including phenoxy) is 2. The van der Waals surface area contributed by atoms with E-state index in [0.29, 0.717) is 32.4 Å². The Hall–Kier alpha value is -1.67. The molecule has 3 rings (SSSR count). The van der Waals surface area contributed by atoms with Gasteiger partial charge in [-0.05, 0) is 6.07 Å². The zero-order chi connectivity index (χ0) is 15.8. The van der Waals surface area contributed by atoms with Crippen molar-refractivity contribution >= 4 is 5.91 Å². The SMILES string of the molecule is O=C(c1ccncc1C(F)(F)F)N1CCOC2(CCOC2)C1. The molecule has 1 atom stereocenters. The zero-order valence-electron chi connectivity index (χ0n) is 11.7.